The summed E-state index contributed by atoms with van der Waals surface area (Å²) < 4.78 is 25.6. The molecule has 0 bridgehead atoms. The van der Waals surface area contributed by atoms with Crippen LogP contribution in [0, 0.1) is 5.82 Å². The van der Waals surface area contributed by atoms with Crippen LogP contribution in [0.3, 0.4) is 0 Å². The number of piperidine rings is 1. The number of carbonyl (C=O) groups excluding carboxylic acids is 1. The first-order chi connectivity index (χ1) is 14.5. The van der Waals surface area contributed by atoms with Crippen LogP contribution in [0.15, 0.2) is 42.6 Å². The lowest BCUT2D eigenvalue weighted by Gasteiger charge is -2.31. The van der Waals surface area contributed by atoms with E-state index < -0.39 is 0 Å². The number of amides is 1. The molecule has 2 aromatic heterocycles. The highest BCUT2D eigenvalue weighted by Gasteiger charge is 2.27. The molecular formula is C21H22FN5O3. The van der Waals surface area contributed by atoms with Crippen molar-refractivity contribution >= 4 is 5.91 Å². The molecule has 0 unspecified atom stereocenters. The first-order valence-electron chi connectivity index (χ1n) is 9.66. The molecule has 4 rings (SSSR count). The summed E-state index contributed by atoms with van der Waals surface area (Å²) in [4.78, 5) is 22.9. The smallest absolute Gasteiger partial charge is 0.319 e. The van der Waals surface area contributed by atoms with Crippen LogP contribution in [0.2, 0.25) is 0 Å². The lowest BCUT2D eigenvalue weighted by atomic mass is 10.1. The Morgan fingerprint density at radius 1 is 1.17 bits per heavy atom. The molecule has 0 atom stereocenters. The SMILES string of the molecule is COc1nccc(OC2CCN(C(=O)c3cc(-c4ccc(F)cc4)nn3C)CC2)n1. The van der Waals surface area contributed by atoms with Gasteiger partial charge in [-0.25, -0.2) is 9.37 Å². The largest absolute Gasteiger partial charge is 0.474 e. The molecule has 0 N–H and O–H groups in total. The van der Waals surface area contributed by atoms with Crippen LogP contribution in [0.5, 0.6) is 11.9 Å². The minimum absolute atomic E-state index is 0.0324. The maximum Gasteiger partial charge on any atom is 0.319 e. The summed E-state index contributed by atoms with van der Waals surface area (Å²) in [5.74, 6) is 0.0687. The quantitative estimate of drug-likeness (QED) is 0.642. The third-order valence-corrected chi connectivity index (χ3v) is 5.05. The summed E-state index contributed by atoms with van der Waals surface area (Å²) in [6, 6.07) is 9.74. The second kappa shape index (κ2) is 8.48. The molecule has 156 valence electrons. The summed E-state index contributed by atoms with van der Waals surface area (Å²) in [6.07, 6.45) is 2.94. The van der Waals surface area contributed by atoms with E-state index in [1.807, 2.05) is 0 Å². The van der Waals surface area contributed by atoms with Gasteiger partial charge in [0.15, 0.2) is 0 Å². The van der Waals surface area contributed by atoms with Gasteiger partial charge in [0, 0.05) is 50.8 Å². The molecule has 30 heavy (non-hydrogen) atoms. The minimum Gasteiger partial charge on any atom is -0.474 e. The predicted octanol–water partition coefficient (Wildman–Crippen LogP) is 2.71. The van der Waals surface area contributed by atoms with Crippen LogP contribution in [-0.4, -0.2) is 56.9 Å². The van der Waals surface area contributed by atoms with E-state index in [1.165, 1.54) is 19.2 Å². The highest BCUT2D eigenvalue weighted by molar-refractivity contribution is 5.93. The van der Waals surface area contributed by atoms with Crippen LogP contribution in [0.1, 0.15) is 23.3 Å². The molecule has 3 heterocycles. The average Bonchev–Trinajstić information content (AvgIpc) is 3.16. The fourth-order valence-corrected chi connectivity index (χ4v) is 3.43. The number of hydrogen-bond donors (Lipinski definition) is 0. The minimum atomic E-state index is -0.309. The summed E-state index contributed by atoms with van der Waals surface area (Å²) in [5, 5.41) is 4.41. The number of ether oxygens (including phenoxy) is 2. The number of aromatic nitrogens is 4. The first kappa shape index (κ1) is 19.8. The number of carbonyl (C=O) groups is 1. The number of likely N-dealkylation sites (tertiary alicyclic amines) is 1. The predicted molar refractivity (Wildman–Crippen MR) is 107 cm³/mol. The Morgan fingerprint density at radius 2 is 1.90 bits per heavy atom. The number of aryl methyl sites for hydroxylation is 1. The molecule has 0 spiro atoms. The molecule has 1 aromatic carbocycles. The Morgan fingerprint density at radius 3 is 2.60 bits per heavy atom. The number of nitrogens with zero attached hydrogens (tertiary/aromatic N) is 5. The van der Waals surface area contributed by atoms with Crippen molar-refractivity contribution in [1.82, 2.24) is 24.6 Å². The van der Waals surface area contributed by atoms with E-state index in [0.717, 1.165) is 5.56 Å². The van der Waals surface area contributed by atoms with Crippen molar-refractivity contribution in [1.29, 1.82) is 0 Å². The Labute approximate surface area is 173 Å². The summed E-state index contributed by atoms with van der Waals surface area (Å²) in [5.41, 5.74) is 1.89. The Kier molecular flexibility index (Phi) is 5.60. The number of hydrogen-bond acceptors (Lipinski definition) is 6. The zero-order valence-electron chi connectivity index (χ0n) is 16.8. The second-order valence-electron chi connectivity index (χ2n) is 7.04. The monoisotopic (exact) mass is 411 g/mol. The number of halogens is 1. The van der Waals surface area contributed by atoms with E-state index in [9.17, 15) is 9.18 Å². The molecule has 3 aromatic rings. The Hall–Kier alpha value is -3.49. The van der Waals surface area contributed by atoms with E-state index >= 15 is 0 Å². The zero-order chi connectivity index (χ0) is 21.1. The molecule has 8 nitrogen and oxygen atoms in total. The number of benzene rings is 1. The van der Waals surface area contributed by atoms with E-state index in [4.69, 9.17) is 9.47 Å². The molecule has 1 amide bonds. The van der Waals surface area contributed by atoms with Crippen molar-refractivity contribution in [2.75, 3.05) is 20.2 Å². The highest BCUT2D eigenvalue weighted by atomic mass is 19.1. The van der Waals surface area contributed by atoms with Crippen molar-refractivity contribution in [2.24, 2.45) is 7.05 Å². The molecule has 0 aliphatic carbocycles. The molecule has 0 radical (unpaired) electrons. The summed E-state index contributed by atoms with van der Waals surface area (Å²) >= 11 is 0. The topological polar surface area (TPSA) is 82.4 Å². The first-order valence-corrected chi connectivity index (χ1v) is 9.66. The van der Waals surface area contributed by atoms with Crippen molar-refractivity contribution in [3.8, 4) is 23.1 Å². The molecule has 0 saturated carbocycles. The zero-order valence-corrected chi connectivity index (χ0v) is 16.8. The molecule has 1 aliphatic rings. The van der Waals surface area contributed by atoms with Crippen LogP contribution in [0.25, 0.3) is 11.3 Å². The van der Waals surface area contributed by atoms with Crippen LogP contribution in [-0.2, 0) is 7.05 Å². The molecule has 9 heteroatoms. The van der Waals surface area contributed by atoms with Gasteiger partial charge >= 0.3 is 6.01 Å². The van der Waals surface area contributed by atoms with Crippen LogP contribution < -0.4 is 9.47 Å². The van der Waals surface area contributed by atoms with Gasteiger partial charge < -0.3 is 14.4 Å². The van der Waals surface area contributed by atoms with Gasteiger partial charge in [-0.2, -0.15) is 10.1 Å². The van der Waals surface area contributed by atoms with Gasteiger partial charge in [-0.1, -0.05) is 0 Å². The van der Waals surface area contributed by atoms with Gasteiger partial charge in [0.25, 0.3) is 5.91 Å². The third kappa shape index (κ3) is 4.24. The van der Waals surface area contributed by atoms with Gasteiger partial charge in [-0.15, -0.1) is 0 Å². The van der Waals surface area contributed by atoms with Crippen LogP contribution >= 0.6 is 0 Å². The van der Waals surface area contributed by atoms with Gasteiger partial charge in [0.2, 0.25) is 5.88 Å². The van der Waals surface area contributed by atoms with Crippen molar-refractivity contribution in [2.45, 2.75) is 18.9 Å². The maximum absolute atomic E-state index is 13.2. The highest BCUT2D eigenvalue weighted by Crippen LogP contribution is 2.23. The van der Waals surface area contributed by atoms with Gasteiger partial charge in [0.1, 0.15) is 17.6 Å². The van der Waals surface area contributed by atoms with Gasteiger partial charge in [-0.3, -0.25) is 9.48 Å². The lowest BCUT2D eigenvalue weighted by Crippen LogP contribution is -2.42. The van der Waals surface area contributed by atoms with E-state index in [0.29, 0.717) is 43.2 Å². The Bertz CT molecular complexity index is 1030. The maximum atomic E-state index is 13.2. The van der Waals surface area contributed by atoms with E-state index in [1.54, 1.807) is 47.1 Å². The third-order valence-electron chi connectivity index (χ3n) is 5.05. The van der Waals surface area contributed by atoms with Crippen molar-refractivity contribution in [3.63, 3.8) is 0 Å². The molecular weight excluding hydrogens is 389 g/mol. The fraction of sp³-hybridized carbons (Fsp3) is 0.333. The number of methoxy groups -OCH3 is 1. The molecule has 1 saturated heterocycles. The van der Waals surface area contributed by atoms with Crippen molar-refractivity contribution in [3.05, 3.63) is 54.1 Å². The summed E-state index contributed by atoms with van der Waals surface area (Å²) in [7, 11) is 3.24. The lowest BCUT2D eigenvalue weighted by molar-refractivity contribution is 0.0577. The summed E-state index contributed by atoms with van der Waals surface area (Å²) in [6.45, 7) is 1.14. The molecule has 1 fully saturated rings. The van der Waals surface area contributed by atoms with E-state index in [2.05, 4.69) is 15.1 Å². The second-order valence-corrected chi connectivity index (χ2v) is 7.04. The Balaban J connectivity index is 1.39. The van der Waals surface area contributed by atoms with E-state index in [-0.39, 0.29) is 23.8 Å². The molecule has 1 aliphatic heterocycles. The van der Waals surface area contributed by atoms with Gasteiger partial charge in [0.05, 0.1) is 12.8 Å². The number of rotatable bonds is 5. The normalized spacial score (nSPS) is 14.6. The van der Waals surface area contributed by atoms with Gasteiger partial charge in [-0.05, 0) is 30.3 Å². The average molecular weight is 411 g/mol. The van der Waals surface area contributed by atoms with Crippen LogP contribution in [0.4, 0.5) is 4.39 Å². The standard InChI is InChI=1S/C21H22FN5O3/c1-26-18(13-17(25-26)14-3-5-15(22)6-4-14)20(28)27-11-8-16(9-12-27)30-19-7-10-23-21(24-19)29-2/h3-7,10,13,16H,8-9,11-12H2,1-2H3. The van der Waals surface area contributed by atoms with Crippen molar-refractivity contribution < 1.29 is 18.7 Å². The fourth-order valence-electron chi connectivity index (χ4n) is 3.43.